The first-order valence-electron chi connectivity index (χ1n) is 6.39. The molecule has 2 rings (SSSR count). The Labute approximate surface area is 122 Å². The first-order valence-corrected chi connectivity index (χ1v) is 7.38. The van der Waals surface area contributed by atoms with Gasteiger partial charge in [0.05, 0.1) is 0 Å². The van der Waals surface area contributed by atoms with Gasteiger partial charge in [0.25, 0.3) is 0 Å². The molecule has 0 spiro atoms. The van der Waals surface area contributed by atoms with Crippen LogP contribution in [0.4, 0.5) is 0 Å². The van der Waals surface area contributed by atoms with Crippen molar-refractivity contribution < 1.29 is 15.0 Å². The number of carbonyl (C=O) groups is 1. The van der Waals surface area contributed by atoms with Crippen molar-refractivity contribution in [2.24, 2.45) is 0 Å². The second kappa shape index (κ2) is 7.01. The smallest absolute Gasteiger partial charge is 0.303 e. The van der Waals surface area contributed by atoms with Gasteiger partial charge in [0.2, 0.25) is 0 Å². The first-order chi connectivity index (χ1) is 9.65. The highest BCUT2D eigenvalue weighted by molar-refractivity contribution is 7.99. The lowest BCUT2D eigenvalue weighted by atomic mass is 10.1. The average Bonchev–Trinajstić information content (AvgIpc) is 2.44. The summed E-state index contributed by atoms with van der Waals surface area (Å²) in [6.07, 6.45) is 0.892. The van der Waals surface area contributed by atoms with E-state index in [1.54, 1.807) is 23.9 Å². The van der Waals surface area contributed by atoms with E-state index in [-0.39, 0.29) is 12.2 Å². The van der Waals surface area contributed by atoms with E-state index < -0.39 is 5.97 Å². The number of thioether (sulfide) groups is 1. The van der Waals surface area contributed by atoms with Crippen molar-refractivity contribution in [3.63, 3.8) is 0 Å². The fourth-order valence-corrected chi connectivity index (χ4v) is 2.70. The molecule has 0 saturated heterocycles. The van der Waals surface area contributed by atoms with Crippen molar-refractivity contribution in [3.05, 3.63) is 48.5 Å². The van der Waals surface area contributed by atoms with E-state index in [0.717, 1.165) is 21.8 Å². The van der Waals surface area contributed by atoms with Crippen molar-refractivity contribution in [2.75, 3.05) is 5.75 Å². The predicted molar refractivity (Wildman–Crippen MR) is 81.1 cm³/mol. The van der Waals surface area contributed by atoms with Crippen LogP contribution in [0.3, 0.4) is 0 Å². The number of aromatic hydroxyl groups is 1. The van der Waals surface area contributed by atoms with E-state index in [0.29, 0.717) is 6.42 Å². The summed E-state index contributed by atoms with van der Waals surface area (Å²) in [4.78, 5) is 11.5. The van der Waals surface area contributed by atoms with E-state index in [9.17, 15) is 9.90 Å². The Morgan fingerprint density at radius 2 is 1.80 bits per heavy atom. The highest BCUT2D eigenvalue weighted by Gasteiger charge is 2.01. The second-order valence-electron chi connectivity index (χ2n) is 4.42. The molecule has 0 aliphatic rings. The lowest BCUT2D eigenvalue weighted by molar-refractivity contribution is -0.137. The summed E-state index contributed by atoms with van der Waals surface area (Å²) in [5, 5.41) is 18.0. The molecule has 20 heavy (non-hydrogen) atoms. The topological polar surface area (TPSA) is 57.5 Å². The molecule has 0 bridgehead atoms. The summed E-state index contributed by atoms with van der Waals surface area (Å²) >= 11 is 1.66. The van der Waals surface area contributed by atoms with Crippen LogP contribution in [-0.4, -0.2) is 21.9 Å². The summed E-state index contributed by atoms with van der Waals surface area (Å²) in [7, 11) is 0. The van der Waals surface area contributed by atoms with Gasteiger partial charge in [-0.3, -0.25) is 4.79 Å². The van der Waals surface area contributed by atoms with Gasteiger partial charge in [-0.05, 0) is 47.6 Å². The largest absolute Gasteiger partial charge is 0.508 e. The quantitative estimate of drug-likeness (QED) is 0.622. The Morgan fingerprint density at radius 3 is 2.45 bits per heavy atom. The Bertz CT molecular complexity index is 579. The molecule has 0 radical (unpaired) electrons. The molecule has 0 aromatic heterocycles. The summed E-state index contributed by atoms with van der Waals surface area (Å²) < 4.78 is 0. The molecular weight excluding hydrogens is 272 g/mol. The molecule has 0 fully saturated rings. The molecule has 0 aliphatic heterocycles. The summed E-state index contributed by atoms with van der Waals surface area (Å²) in [5.74, 6) is 0.317. The number of rotatable bonds is 6. The number of benzene rings is 2. The number of carboxylic acids is 1. The fourth-order valence-electron chi connectivity index (χ4n) is 1.84. The lowest BCUT2D eigenvalue weighted by Crippen LogP contribution is -1.94. The van der Waals surface area contributed by atoms with Gasteiger partial charge >= 0.3 is 5.97 Å². The molecule has 2 aromatic rings. The van der Waals surface area contributed by atoms with Gasteiger partial charge in [-0.25, -0.2) is 0 Å². The molecule has 2 aromatic carbocycles. The third-order valence-electron chi connectivity index (χ3n) is 2.84. The van der Waals surface area contributed by atoms with Crippen LogP contribution in [0.15, 0.2) is 53.4 Å². The van der Waals surface area contributed by atoms with Crippen molar-refractivity contribution in [1.82, 2.24) is 0 Å². The Hall–Kier alpha value is -1.94. The van der Waals surface area contributed by atoms with E-state index in [1.807, 2.05) is 36.4 Å². The molecule has 4 heteroatoms. The van der Waals surface area contributed by atoms with E-state index >= 15 is 0 Å². The Kier molecular flexibility index (Phi) is 5.07. The SMILES string of the molecule is O=C(O)CCCSc1ccc(-c2cccc(O)c2)cc1. The number of phenolic OH excluding ortho intramolecular Hbond substituents is 1. The van der Waals surface area contributed by atoms with E-state index in [1.165, 1.54) is 0 Å². The van der Waals surface area contributed by atoms with Crippen LogP contribution in [0.2, 0.25) is 0 Å². The van der Waals surface area contributed by atoms with Crippen LogP contribution in [0.25, 0.3) is 11.1 Å². The third kappa shape index (κ3) is 4.31. The first kappa shape index (κ1) is 14.5. The predicted octanol–water partition coefficient (Wildman–Crippen LogP) is 4.02. The van der Waals surface area contributed by atoms with Crippen LogP contribution in [-0.2, 0) is 4.79 Å². The molecule has 0 aliphatic carbocycles. The van der Waals surface area contributed by atoms with Crippen LogP contribution < -0.4 is 0 Å². The maximum absolute atomic E-state index is 10.4. The zero-order valence-electron chi connectivity index (χ0n) is 11.0. The van der Waals surface area contributed by atoms with Crippen molar-refractivity contribution in [3.8, 4) is 16.9 Å². The number of hydrogen-bond donors (Lipinski definition) is 2. The molecular formula is C16H16O3S. The van der Waals surface area contributed by atoms with Gasteiger partial charge in [-0.15, -0.1) is 11.8 Å². The molecule has 104 valence electrons. The van der Waals surface area contributed by atoms with Gasteiger partial charge in [-0.2, -0.15) is 0 Å². The maximum atomic E-state index is 10.4. The van der Waals surface area contributed by atoms with Crippen LogP contribution in [0, 0.1) is 0 Å². The highest BCUT2D eigenvalue weighted by Crippen LogP contribution is 2.26. The molecule has 0 atom stereocenters. The zero-order chi connectivity index (χ0) is 14.4. The maximum Gasteiger partial charge on any atom is 0.303 e. The molecule has 0 amide bonds. The normalized spacial score (nSPS) is 10.4. The van der Waals surface area contributed by atoms with Crippen molar-refractivity contribution in [1.29, 1.82) is 0 Å². The Balaban J connectivity index is 1.94. The summed E-state index contributed by atoms with van der Waals surface area (Å²) in [6, 6.07) is 15.2. The summed E-state index contributed by atoms with van der Waals surface area (Å²) in [6.45, 7) is 0. The molecule has 3 nitrogen and oxygen atoms in total. The monoisotopic (exact) mass is 288 g/mol. The molecule has 0 saturated carbocycles. The van der Waals surface area contributed by atoms with Crippen LogP contribution >= 0.6 is 11.8 Å². The fraction of sp³-hybridized carbons (Fsp3) is 0.188. The molecule has 2 N–H and O–H groups in total. The number of carboxylic acid groups (broad SMARTS) is 1. The summed E-state index contributed by atoms with van der Waals surface area (Å²) in [5.41, 5.74) is 2.03. The minimum absolute atomic E-state index is 0.217. The van der Waals surface area contributed by atoms with Crippen LogP contribution in [0.1, 0.15) is 12.8 Å². The van der Waals surface area contributed by atoms with Crippen LogP contribution in [0.5, 0.6) is 5.75 Å². The van der Waals surface area contributed by atoms with E-state index in [2.05, 4.69) is 0 Å². The van der Waals surface area contributed by atoms with Gasteiger partial charge < -0.3 is 10.2 Å². The molecule has 0 unspecified atom stereocenters. The average molecular weight is 288 g/mol. The zero-order valence-corrected chi connectivity index (χ0v) is 11.8. The number of aliphatic carboxylic acids is 1. The van der Waals surface area contributed by atoms with Crippen molar-refractivity contribution >= 4 is 17.7 Å². The molecule has 0 heterocycles. The lowest BCUT2D eigenvalue weighted by Gasteiger charge is -2.05. The standard InChI is InChI=1S/C16H16O3S/c17-14-4-1-3-13(11-14)12-6-8-15(9-7-12)20-10-2-5-16(18)19/h1,3-4,6-9,11,17H,2,5,10H2,(H,18,19). The minimum Gasteiger partial charge on any atom is -0.508 e. The van der Waals surface area contributed by atoms with Gasteiger partial charge in [0.1, 0.15) is 5.75 Å². The van der Waals surface area contributed by atoms with Gasteiger partial charge in [0.15, 0.2) is 0 Å². The third-order valence-corrected chi connectivity index (χ3v) is 3.94. The van der Waals surface area contributed by atoms with E-state index in [4.69, 9.17) is 5.11 Å². The Morgan fingerprint density at radius 1 is 1.05 bits per heavy atom. The minimum atomic E-state index is -0.746. The van der Waals surface area contributed by atoms with Crippen molar-refractivity contribution in [2.45, 2.75) is 17.7 Å². The highest BCUT2D eigenvalue weighted by atomic mass is 32.2. The number of hydrogen-bond acceptors (Lipinski definition) is 3. The van der Waals surface area contributed by atoms with Gasteiger partial charge in [0, 0.05) is 11.3 Å². The van der Waals surface area contributed by atoms with Gasteiger partial charge in [-0.1, -0.05) is 24.3 Å². The second-order valence-corrected chi connectivity index (χ2v) is 5.59. The number of phenols is 1.